The van der Waals surface area contributed by atoms with E-state index >= 15 is 0 Å². The molecular formula is C48H69ClN4O9S. The van der Waals surface area contributed by atoms with Gasteiger partial charge in [-0.1, -0.05) is 93.5 Å². The maximum absolute atomic E-state index is 13.4. The molecule has 3 rings (SSSR count). The van der Waals surface area contributed by atoms with Crippen LogP contribution in [0.1, 0.15) is 113 Å². The molecule has 3 aliphatic rings. The molecule has 1 unspecified atom stereocenters. The minimum atomic E-state index is -0.752. The lowest BCUT2D eigenvalue weighted by molar-refractivity contribution is -0.147. The molecule has 0 aromatic rings. The van der Waals surface area contributed by atoms with Crippen LogP contribution in [0.5, 0.6) is 0 Å². The minimum absolute atomic E-state index is 0.00303. The number of thioether (sulfide) groups is 1. The number of nitrogens with one attached hydrogen (secondary N) is 3. The van der Waals surface area contributed by atoms with Crippen LogP contribution in [-0.4, -0.2) is 95.8 Å². The molecule has 0 aromatic heterocycles. The molecule has 13 nitrogen and oxygen atoms in total. The molecular weight excluding hydrogens is 844 g/mol. The van der Waals surface area contributed by atoms with Gasteiger partial charge in [-0.15, -0.1) is 11.8 Å². The fourth-order valence-electron chi connectivity index (χ4n) is 7.65. The van der Waals surface area contributed by atoms with Crippen LogP contribution >= 0.6 is 23.4 Å². The number of alkyl carbamates (subject to hydrolysis) is 1. The standard InChI is InChI=1S/C48H69ClN4O9S/c1-31(28-33(3)39-25-18-32(2)46(59)62-39)14-9-12-17-41(55)52-43(48(5,6)7)38(54)16-11-10-15-37(24-19-34(4)49)61-47(60)51-26-13-27-63-40-29-42(56)53(45(40)58)30-35-20-22-36(23-21-35)44(57)50-8/h9-12,14,17-19,28,33,35-37,39-40,43H,13,15-16,20-27,29-30H2,1-8H3,(H,50,57)(H,51,60)(H,52,55)/b11-10-,14-9-,17-12-,31-28+,34-19+/t33-,35?,36?,37+,39-,40?,43+/m0/s1. The summed E-state index contributed by atoms with van der Waals surface area (Å²) in [5, 5.41) is 8.43. The molecule has 1 saturated carbocycles. The number of ketones is 1. The van der Waals surface area contributed by atoms with Crippen LogP contribution in [-0.2, 0) is 38.2 Å². The number of nitrogens with zero attached hydrogens (tertiary/aromatic N) is 1. The molecule has 3 N–H and O–H groups in total. The van der Waals surface area contributed by atoms with Crippen molar-refractivity contribution in [2.24, 2.45) is 23.2 Å². The van der Waals surface area contributed by atoms with Gasteiger partial charge in [-0.05, 0) is 70.0 Å². The molecule has 5 atom stereocenters. The summed E-state index contributed by atoms with van der Waals surface area (Å²) < 4.78 is 11.2. The van der Waals surface area contributed by atoms with Crippen molar-refractivity contribution in [3.05, 3.63) is 70.9 Å². The molecule has 2 heterocycles. The van der Waals surface area contributed by atoms with Gasteiger partial charge in [0.2, 0.25) is 23.6 Å². The molecule has 0 radical (unpaired) electrons. The second kappa shape index (κ2) is 26.4. The van der Waals surface area contributed by atoms with Gasteiger partial charge in [0.05, 0.1) is 11.3 Å². The van der Waals surface area contributed by atoms with E-state index in [-0.39, 0.29) is 66.2 Å². The lowest BCUT2D eigenvalue weighted by Gasteiger charge is -2.29. The number of carbonyl (C=O) groups is 7. The summed E-state index contributed by atoms with van der Waals surface area (Å²) in [6.07, 6.45) is 19.7. The third-order valence-electron chi connectivity index (χ3n) is 11.4. The van der Waals surface area contributed by atoms with Gasteiger partial charge in [-0.2, -0.15) is 0 Å². The fourth-order valence-corrected chi connectivity index (χ4v) is 8.87. The van der Waals surface area contributed by atoms with E-state index in [0.717, 1.165) is 31.3 Å². The smallest absolute Gasteiger partial charge is 0.407 e. The third kappa shape index (κ3) is 18.7. The van der Waals surface area contributed by atoms with Crippen LogP contribution in [0.25, 0.3) is 0 Å². The molecule has 1 aliphatic carbocycles. The van der Waals surface area contributed by atoms with E-state index in [1.54, 1.807) is 51.3 Å². The van der Waals surface area contributed by atoms with Crippen molar-refractivity contribution in [1.82, 2.24) is 20.9 Å². The first-order valence-electron chi connectivity index (χ1n) is 22.1. The van der Waals surface area contributed by atoms with E-state index in [1.807, 2.05) is 52.8 Å². The number of hydrogen-bond donors (Lipinski definition) is 3. The Bertz CT molecular complexity index is 1820. The Hall–Kier alpha value is -4.43. The summed E-state index contributed by atoms with van der Waals surface area (Å²) in [4.78, 5) is 90.0. The lowest BCUT2D eigenvalue weighted by Crippen LogP contribution is -2.48. The Labute approximate surface area is 383 Å². The van der Waals surface area contributed by atoms with Gasteiger partial charge in [0, 0.05) is 80.8 Å². The maximum atomic E-state index is 13.4. The van der Waals surface area contributed by atoms with Crippen molar-refractivity contribution < 1.29 is 43.0 Å². The molecule has 63 heavy (non-hydrogen) atoms. The number of esters is 1. The topological polar surface area (TPSA) is 177 Å². The molecule has 348 valence electrons. The number of cyclic esters (lactones) is 1. The van der Waals surface area contributed by atoms with Crippen molar-refractivity contribution in [2.75, 3.05) is 25.9 Å². The highest BCUT2D eigenvalue weighted by Gasteiger charge is 2.40. The van der Waals surface area contributed by atoms with Gasteiger partial charge >= 0.3 is 12.1 Å². The van der Waals surface area contributed by atoms with Crippen molar-refractivity contribution in [3.63, 3.8) is 0 Å². The van der Waals surface area contributed by atoms with E-state index in [9.17, 15) is 33.6 Å². The molecule has 0 aromatic carbocycles. The number of ether oxygens (including phenoxy) is 2. The van der Waals surface area contributed by atoms with Crippen LogP contribution in [0.15, 0.2) is 70.9 Å². The molecule has 2 fully saturated rings. The van der Waals surface area contributed by atoms with Crippen molar-refractivity contribution in [3.8, 4) is 0 Å². The number of imide groups is 1. The largest absolute Gasteiger partial charge is 0.458 e. The van der Waals surface area contributed by atoms with E-state index in [0.29, 0.717) is 55.1 Å². The summed E-state index contributed by atoms with van der Waals surface area (Å²) >= 11 is 7.49. The van der Waals surface area contributed by atoms with E-state index in [1.165, 1.54) is 22.7 Å². The van der Waals surface area contributed by atoms with Crippen molar-refractivity contribution >= 4 is 64.8 Å². The fraction of sp³-hybridized carbons (Fsp3) is 0.604. The Morgan fingerprint density at radius 3 is 2.38 bits per heavy atom. The van der Waals surface area contributed by atoms with E-state index in [2.05, 4.69) is 16.0 Å². The summed E-state index contributed by atoms with van der Waals surface area (Å²) in [5.74, 6) is -0.323. The van der Waals surface area contributed by atoms with Crippen LogP contribution < -0.4 is 16.0 Å². The average Bonchev–Trinajstić information content (AvgIpc) is 3.49. The number of hydrogen-bond acceptors (Lipinski definition) is 10. The first-order chi connectivity index (χ1) is 29.8. The molecule has 0 spiro atoms. The first kappa shape index (κ1) is 52.9. The second-order valence-electron chi connectivity index (χ2n) is 17.8. The van der Waals surface area contributed by atoms with Crippen LogP contribution in [0.2, 0.25) is 0 Å². The summed E-state index contributed by atoms with van der Waals surface area (Å²) in [7, 11) is 1.64. The highest BCUT2D eigenvalue weighted by molar-refractivity contribution is 8.00. The Balaban J connectivity index is 1.41. The Morgan fingerprint density at radius 2 is 1.73 bits per heavy atom. The van der Waals surface area contributed by atoms with Gasteiger partial charge in [-0.25, -0.2) is 9.59 Å². The zero-order valence-electron chi connectivity index (χ0n) is 38.3. The van der Waals surface area contributed by atoms with Crippen molar-refractivity contribution in [2.45, 2.75) is 136 Å². The predicted octanol–water partition coefficient (Wildman–Crippen LogP) is 7.81. The normalized spacial score (nSPS) is 22.8. The zero-order chi connectivity index (χ0) is 46.7. The predicted molar refractivity (Wildman–Crippen MR) is 248 cm³/mol. The Kier molecular flexibility index (Phi) is 22.2. The van der Waals surface area contributed by atoms with E-state index in [4.69, 9.17) is 21.1 Å². The number of allylic oxidation sites excluding steroid dienone is 6. The summed E-state index contributed by atoms with van der Waals surface area (Å²) in [6.45, 7) is 13.8. The summed E-state index contributed by atoms with van der Waals surface area (Å²) in [6, 6.07) is -0.752. The van der Waals surface area contributed by atoms with E-state index < -0.39 is 34.8 Å². The SMILES string of the molecule is CNC(=O)C1CCC(CN2C(=O)CC(SCCCNC(=O)O[C@H](C/C=C\CC(=O)[C@@H](NC(=O)\C=C/C=C\C(C)=C\[C@H](C)[C@@H]3CC=C(C)C(=O)O3)C(C)(C)C)C/C=C(\C)Cl)C2=O)CC1. The molecule has 0 bridgehead atoms. The van der Waals surface area contributed by atoms with Gasteiger partial charge in [-0.3, -0.25) is 28.9 Å². The molecule has 15 heteroatoms. The number of amides is 5. The number of rotatable bonds is 22. The van der Waals surface area contributed by atoms with Gasteiger partial charge < -0.3 is 25.4 Å². The maximum Gasteiger partial charge on any atom is 0.407 e. The number of Topliss-reactive ketones (excluding diaryl/α,β-unsaturated/α-hetero) is 1. The van der Waals surface area contributed by atoms with Gasteiger partial charge in [0.25, 0.3) is 0 Å². The van der Waals surface area contributed by atoms with Crippen LogP contribution in [0, 0.1) is 23.2 Å². The second-order valence-corrected chi connectivity index (χ2v) is 19.7. The third-order valence-corrected chi connectivity index (χ3v) is 12.8. The first-order valence-corrected chi connectivity index (χ1v) is 23.5. The lowest BCUT2D eigenvalue weighted by atomic mass is 9.81. The Morgan fingerprint density at radius 1 is 1.03 bits per heavy atom. The number of likely N-dealkylation sites (tertiary alicyclic amines) is 1. The van der Waals surface area contributed by atoms with Crippen molar-refractivity contribution in [1.29, 1.82) is 0 Å². The minimum Gasteiger partial charge on any atom is -0.458 e. The van der Waals surface area contributed by atoms with Crippen LogP contribution in [0.4, 0.5) is 4.79 Å². The van der Waals surface area contributed by atoms with Gasteiger partial charge in [0.15, 0.2) is 5.78 Å². The number of carbonyl (C=O) groups excluding carboxylic acids is 7. The highest BCUT2D eigenvalue weighted by Crippen LogP contribution is 2.33. The quantitative estimate of drug-likeness (QED) is 0.0243. The molecule has 5 amide bonds. The van der Waals surface area contributed by atoms with Gasteiger partial charge in [0.1, 0.15) is 12.2 Å². The monoisotopic (exact) mass is 912 g/mol. The average molecular weight is 914 g/mol. The zero-order valence-corrected chi connectivity index (χ0v) is 39.9. The van der Waals surface area contributed by atoms with Crippen LogP contribution in [0.3, 0.4) is 0 Å². The number of halogens is 1. The summed E-state index contributed by atoms with van der Waals surface area (Å²) in [5.41, 5.74) is 1.02. The molecule has 1 saturated heterocycles. The molecule has 2 aliphatic heterocycles. The highest BCUT2D eigenvalue weighted by atomic mass is 35.5.